The van der Waals surface area contributed by atoms with Gasteiger partial charge in [-0.1, -0.05) is 23.7 Å². The number of ether oxygens (including phenoxy) is 2. The molecule has 2 aromatic carbocycles. The minimum Gasteiger partial charge on any atom is -0.490 e. The second kappa shape index (κ2) is 6.96. The van der Waals surface area contributed by atoms with Gasteiger partial charge in [-0.05, 0) is 48.7 Å². The number of halogens is 1. The molecule has 4 rings (SSSR count). The molecule has 2 aliphatic rings. The van der Waals surface area contributed by atoms with Gasteiger partial charge in [-0.3, -0.25) is 4.79 Å². The highest BCUT2D eigenvalue weighted by atomic mass is 35.5. The molecule has 0 saturated carbocycles. The van der Waals surface area contributed by atoms with Gasteiger partial charge >= 0.3 is 0 Å². The fourth-order valence-corrected chi connectivity index (χ4v) is 3.72. The average molecular weight is 358 g/mol. The number of hydrogen-bond acceptors (Lipinski definition) is 3. The molecule has 0 bridgehead atoms. The highest BCUT2D eigenvalue weighted by Crippen LogP contribution is 2.38. The van der Waals surface area contributed by atoms with Crippen molar-refractivity contribution in [3.05, 3.63) is 58.6 Å². The Kier molecular flexibility index (Phi) is 4.53. The summed E-state index contributed by atoms with van der Waals surface area (Å²) in [6, 6.07) is 13.2. The van der Waals surface area contributed by atoms with Crippen molar-refractivity contribution >= 4 is 17.5 Å². The van der Waals surface area contributed by atoms with Gasteiger partial charge in [-0.2, -0.15) is 0 Å². The summed E-state index contributed by atoms with van der Waals surface area (Å²) >= 11 is 6.04. The minimum absolute atomic E-state index is 0.0251. The van der Waals surface area contributed by atoms with Crippen LogP contribution in [0.3, 0.4) is 0 Å². The molecule has 0 N–H and O–H groups in total. The summed E-state index contributed by atoms with van der Waals surface area (Å²) in [7, 11) is 0. The van der Waals surface area contributed by atoms with E-state index in [2.05, 4.69) is 0 Å². The van der Waals surface area contributed by atoms with Crippen LogP contribution in [0.4, 0.5) is 0 Å². The van der Waals surface area contributed by atoms with Crippen molar-refractivity contribution in [1.29, 1.82) is 0 Å². The molecule has 0 radical (unpaired) electrons. The lowest BCUT2D eigenvalue weighted by molar-refractivity contribution is 0.0735. The molecule has 1 fully saturated rings. The summed E-state index contributed by atoms with van der Waals surface area (Å²) in [5.41, 5.74) is 1.73. The maximum absolute atomic E-state index is 12.9. The maximum Gasteiger partial charge on any atom is 0.254 e. The Morgan fingerprint density at radius 3 is 2.72 bits per heavy atom. The van der Waals surface area contributed by atoms with Crippen LogP contribution >= 0.6 is 11.6 Å². The van der Waals surface area contributed by atoms with E-state index in [1.165, 1.54) is 0 Å². The van der Waals surface area contributed by atoms with Crippen LogP contribution in [0.5, 0.6) is 11.5 Å². The first-order valence-electron chi connectivity index (χ1n) is 8.68. The fourth-order valence-electron chi connectivity index (χ4n) is 3.53. The van der Waals surface area contributed by atoms with Gasteiger partial charge in [0.2, 0.25) is 0 Å². The van der Waals surface area contributed by atoms with Crippen LogP contribution in [0, 0.1) is 0 Å². The van der Waals surface area contributed by atoms with E-state index in [1.54, 1.807) is 12.1 Å². The third-order valence-corrected chi connectivity index (χ3v) is 4.98. The quantitative estimate of drug-likeness (QED) is 0.795. The van der Waals surface area contributed by atoms with Crippen molar-refractivity contribution < 1.29 is 14.3 Å². The summed E-state index contributed by atoms with van der Waals surface area (Å²) in [6.45, 7) is 2.09. The van der Waals surface area contributed by atoms with Crippen molar-refractivity contribution in [3.8, 4) is 11.5 Å². The predicted octanol–water partition coefficient (Wildman–Crippen LogP) is 4.48. The Balaban J connectivity index is 1.61. The van der Waals surface area contributed by atoms with E-state index in [0.717, 1.165) is 42.9 Å². The molecule has 0 spiro atoms. The third kappa shape index (κ3) is 3.31. The second-order valence-electron chi connectivity index (χ2n) is 6.42. The molecule has 2 aromatic rings. The molecule has 0 aromatic heterocycles. The standard InChI is InChI=1S/C20H20ClNO3/c21-16-5-1-4-15(12-16)20(23)22-9-2-6-17(22)14-7-8-18-19(13-14)25-11-3-10-24-18/h1,4-5,7-8,12-13,17H,2-3,6,9-11H2/t17-/m1/s1. The van der Waals surface area contributed by atoms with Crippen LogP contribution in [0.2, 0.25) is 5.02 Å². The Hall–Kier alpha value is -2.20. The van der Waals surface area contributed by atoms with E-state index in [1.807, 2.05) is 35.2 Å². The van der Waals surface area contributed by atoms with E-state index in [9.17, 15) is 4.79 Å². The van der Waals surface area contributed by atoms with Crippen LogP contribution in [-0.2, 0) is 0 Å². The van der Waals surface area contributed by atoms with Gasteiger partial charge in [0, 0.05) is 23.6 Å². The smallest absolute Gasteiger partial charge is 0.254 e. The molecular weight excluding hydrogens is 338 g/mol. The molecule has 1 atom stereocenters. The number of nitrogens with zero attached hydrogens (tertiary/aromatic N) is 1. The molecular formula is C20H20ClNO3. The molecule has 1 amide bonds. The van der Waals surface area contributed by atoms with Crippen LogP contribution in [0.1, 0.15) is 41.2 Å². The van der Waals surface area contributed by atoms with Gasteiger partial charge in [0.15, 0.2) is 11.5 Å². The number of likely N-dealkylation sites (tertiary alicyclic amines) is 1. The summed E-state index contributed by atoms with van der Waals surface area (Å²) < 4.78 is 11.5. The van der Waals surface area contributed by atoms with Crippen LogP contribution < -0.4 is 9.47 Å². The van der Waals surface area contributed by atoms with Gasteiger partial charge in [0.1, 0.15) is 0 Å². The zero-order chi connectivity index (χ0) is 17.2. The summed E-state index contributed by atoms with van der Waals surface area (Å²) in [5, 5.41) is 0.581. The number of amides is 1. The van der Waals surface area contributed by atoms with Gasteiger partial charge < -0.3 is 14.4 Å². The van der Waals surface area contributed by atoms with E-state index >= 15 is 0 Å². The van der Waals surface area contributed by atoms with Crippen LogP contribution in [-0.4, -0.2) is 30.6 Å². The molecule has 25 heavy (non-hydrogen) atoms. The van der Waals surface area contributed by atoms with Crippen LogP contribution in [0.25, 0.3) is 0 Å². The Morgan fingerprint density at radius 1 is 1.04 bits per heavy atom. The summed E-state index contributed by atoms with van der Waals surface area (Å²) in [5.74, 6) is 1.58. The van der Waals surface area contributed by atoms with Crippen molar-refractivity contribution in [1.82, 2.24) is 4.90 Å². The molecule has 5 heteroatoms. The van der Waals surface area contributed by atoms with Gasteiger partial charge in [0.25, 0.3) is 5.91 Å². The average Bonchev–Trinajstić information content (AvgIpc) is 2.99. The maximum atomic E-state index is 12.9. The van der Waals surface area contributed by atoms with Crippen molar-refractivity contribution in [2.75, 3.05) is 19.8 Å². The second-order valence-corrected chi connectivity index (χ2v) is 6.86. The predicted molar refractivity (Wildman–Crippen MR) is 96.5 cm³/mol. The highest BCUT2D eigenvalue weighted by molar-refractivity contribution is 6.30. The van der Waals surface area contributed by atoms with E-state index in [-0.39, 0.29) is 11.9 Å². The monoisotopic (exact) mass is 357 g/mol. The summed E-state index contributed by atoms with van der Waals surface area (Å²) in [6.07, 6.45) is 2.82. The lowest BCUT2D eigenvalue weighted by Crippen LogP contribution is -2.30. The zero-order valence-electron chi connectivity index (χ0n) is 13.9. The highest BCUT2D eigenvalue weighted by Gasteiger charge is 2.31. The number of fused-ring (bicyclic) bond motifs is 1. The lowest BCUT2D eigenvalue weighted by Gasteiger charge is -2.26. The number of hydrogen-bond donors (Lipinski definition) is 0. The van der Waals surface area contributed by atoms with Gasteiger partial charge in [-0.25, -0.2) is 0 Å². The van der Waals surface area contributed by atoms with Crippen LogP contribution in [0.15, 0.2) is 42.5 Å². The molecule has 4 nitrogen and oxygen atoms in total. The van der Waals surface area contributed by atoms with E-state index < -0.39 is 0 Å². The number of benzene rings is 2. The minimum atomic E-state index is 0.0251. The number of carbonyl (C=O) groups excluding carboxylic acids is 1. The number of carbonyl (C=O) groups is 1. The third-order valence-electron chi connectivity index (χ3n) is 4.74. The van der Waals surface area contributed by atoms with Crippen molar-refractivity contribution in [2.45, 2.75) is 25.3 Å². The Bertz CT molecular complexity index is 792. The zero-order valence-corrected chi connectivity index (χ0v) is 14.7. The van der Waals surface area contributed by atoms with Crippen molar-refractivity contribution in [3.63, 3.8) is 0 Å². The molecule has 0 aliphatic carbocycles. The van der Waals surface area contributed by atoms with E-state index in [4.69, 9.17) is 21.1 Å². The Morgan fingerprint density at radius 2 is 1.88 bits per heavy atom. The van der Waals surface area contributed by atoms with Crippen molar-refractivity contribution in [2.24, 2.45) is 0 Å². The molecule has 2 heterocycles. The topological polar surface area (TPSA) is 38.8 Å². The van der Waals surface area contributed by atoms with Gasteiger partial charge in [-0.15, -0.1) is 0 Å². The first-order chi connectivity index (χ1) is 12.2. The first kappa shape index (κ1) is 16.3. The SMILES string of the molecule is O=C(c1cccc(Cl)c1)N1CCC[C@@H]1c1ccc2c(c1)OCCCO2. The molecule has 0 unspecified atom stereocenters. The molecule has 1 saturated heterocycles. The molecule has 2 aliphatic heterocycles. The van der Waals surface area contributed by atoms with E-state index in [0.29, 0.717) is 23.8 Å². The largest absolute Gasteiger partial charge is 0.490 e. The van der Waals surface area contributed by atoms with Gasteiger partial charge in [0.05, 0.1) is 19.3 Å². The molecule has 130 valence electrons. The first-order valence-corrected chi connectivity index (χ1v) is 9.06. The fraction of sp³-hybridized carbons (Fsp3) is 0.350. The lowest BCUT2D eigenvalue weighted by atomic mass is 10.0. The summed E-state index contributed by atoms with van der Waals surface area (Å²) in [4.78, 5) is 14.9. The Labute approximate surface area is 152 Å². The normalized spacial score (nSPS) is 19.6. The number of rotatable bonds is 2.